The minimum atomic E-state index is 0.153. The van der Waals surface area contributed by atoms with E-state index in [1.807, 2.05) is 0 Å². The Morgan fingerprint density at radius 2 is 1.10 bits per heavy atom. The van der Waals surface area contributed by atoms with Crippen molar-refractivity contribution in [2.45, 2.75) is 168 Å². The molecule has 0 amide bonds. The Hall–Kier alpha value is -0.860. The fourth-order valence-electron chi connectivity index (χ4n) is 4.52. The summed E-state index contributed by atoms with van der Waals surface area (Å²) in [7, 11) is 0. The summed E-state index contributed by atoms with van der Waals surface area (Å²) in [6, 6.07) is 0. The van der Waals surface area contributed by atoms with Crippen LogP contribution in [-0.4, -0.2) is 17.6 Å². The summed E-state index contributed by atoms with van der Waals surface area (Å²) in [6.45, 7) is 4.54. The summed E-state index contributed by atoms with van der Waals surface area (Å²) >= 11 is 0. The molecule has 3 heteroatoms. The van der Waals surface area contributed by atoms with Crippen LogP contribution < -0.4 is 0 Å². The molecule has 0 saturated carbocycles. The van der Waals surface area contributed by atoms with Crippen molar-refractivity contribution in [3.8, 4) is 0 Å². The average molecular weight is 436 g/mol. The van der Waals surface area contributed by atoms with Gasteiger partial charge in [0.05, 0.1) is 0 Å². The molecule has 0 N–H and O–H groups in total. The van der Waals surface area contributed by atoms with Crippen molar-refractivity contribution in [2.75, 3.05) is 0 Å². The van der Waals surface area contributed by atoms with E-state index >= 15 is 0 Å². The molecule has 1 atom stereocenters. The molecule has 1 aliphatic rings. The molecule has 1 aliphatic heterocycles. The third-order valence-corrected chi connectivity index (χ3v) is 6.69. The van der Waals surface area contributed by atoms with Crippen LogP contribution in [0.5, 0.6) is 0 Å². The fourth-order valence-corrected chi connectivity index (χ4v) is 4.52. The van der Waals surface area contributed by atoms with E-state index in [2.05, 4.69) is 19.0 Å². The van der Waals surface area contributed by atoms with Gasteiger partial charge in [0.2, 0.25) is 0 Å². The molecule has 1 heterocycles. The van der Waals surface area contributed by atoms with Gasteiger partial charge in [-0.2, -0.15) is 0 Å². The number of hydrogen-bond donors (Lipinski definition) is 0. The van der Waals surface area contributed by atoms with Gasteiger partial charge in [-0.15, -0.1) is 0 Å². The van der Waals surface area contributed by atoms with Crippen LogP contribution in [0.25, 0.3) is 0 Å². The van der Waals surface area contributed by atoms with E-state index in [9.17, 15) is 4.79 Å². The molecule has 0 saturated heterocycles. The highest BCUT2D eigenvalue weighted by Gasteiger charge is 2.25. The Morgan fingerprint density at radius 1 is 0.677 bits per heavy atom. The second-order valence-electron chi connectivity index (χ2n) is 9.80. The number of unbranched alkanes of at least 4 members (excludes halogenated alkanes) is 18. The molecule has 0 bridgehead atoms. The number of oxime groups is 1. The summed E-state index contributed by atoms with van der Waals surface area (Å²) < 4.78 is 0. The molecule has 0 aromatic heterocycles. The van der Waals surface area contributed by atoms with Crippen molar-refractivity contribution in [3.63, 3.8) is 0 Å². The largest absolute Gasteiger partial charge is 0.392 e. The third-order valence-electron chi connectivity index (χ3n) is 6.69. The average Bonchev–Trinajstić information content (AvgIpc) is 3.25. The van der Waals surface area contributed by atoms with Gasteiger partial charge in [0, 0.05) is 12.8 Å². The van der Waals surface area contributed by atoms with Crippen LogP contribution in [0.15, 0.2) is 5.16 Å². The first-order chi connectivity index (χ1) is 15.3. The van der Waals surface area contributed by atoms with E-state index in [4.69, 9.17) is 4.84 Å². The molecular weight excluding hydrogens is 382 g/mol. The maximum absolute atomic E-state index is 12.4. The Kier molecular flexibility index (Phi) is 19.1. The summed E-state index contributed by atoms with van der Waals surface area (Å²) in [5.74, 6) is 0.227. The highest BCUT2D eigenvalue weighted by atomic mass is 16.6. The van der Waals surface area contributed by atoms with Crippen molar-refractivity contribution >= 4 is 11.5 Å². The van der Waals surface area contributed by atoms with E-state index in [1.165, 1.54) is 122 Å². The Bertz CT molecular complexity index is 446. The number of nitrogens with zero attached hydrogens (tertiary/aromatic N) is 1. The zero-order valence-electron chi connectivity index (χ0n) is 21.1. The number of carbonyl (C=O) groups excluding carboxylic acids is 1. The summed E-state index contributed by atoms with van der Waals surface area (Å²) in [5.41, 5.74) is 0.702. The molecule has 0 aromatic rings. The van der Waals surface area contributed by atoms with E-state index in [0.717, 1.165) is 19.3 Å². The highest BCUT2D eigenvalue weighted by Crippen LogP contribution is 2.20. The number of hydrogen-bond acceptors (Lipinski definition) is 3. The summed E-state index contributed by atoms with van der Waals surface area (Å²) in [5, 5.41) is 4.11. The lowest BCUT2D eigenvalue weighted by molar-refractivity contribution is -0.113. The van der Waals surface area contributed by atoms with Gasteiger partial charge in [0.1, 0.15) is 11.8 Å². The Labute approximate surface area is 194 Å². The van der Waals surface area contributed by atoms with Crippen LogP contribution in [0.4, 0.5) is 0 Å². The number of carbonyl (C=O) groups is 1. The smallest absolute Gasteiger partial charge is 0.180 e. The van der Waals surface area contributed by atoms with E-state index in [0.29, 0.717) is 12.1 Å². The molecule has 1 rings (SSSR count). The minimum Gasteiger partial charge on any atom is -0.392 e. The SMILES string of the molecule is CCCCCCCCCCCCC(=O)C1=NOC(CCCCCCCCCCCC)C1. The zero-order chi connectivity index (χ0) is 22.4. The number of ketones is 1. The van der Waals surface area contributed by atoms with Gasteiger partial charge in [0.15, 0.2) is 5.78 Å². The van der Waals surface area contributed by atoms with Crippen molar-refractivity contribution < 1.29 is 9.63 Å². The van der Waals surface area contributed by atoms with Crippen LogP contribution in [0, 0.1) is 0 Å². The summed E-state index contributed by atoms with van der Waals surface area (Å²) in [6.07, 6.45) is 29.2. The second-order valence-corrected chi connectivity index (χ2v) is 9.80. The highest BCUT2D eigenvalue weighted by molar-refractivity contribution is 6.40. The van der Waals surface area contributed by atoms with Gasteiger partial charge in [-0.05, 0) is 19.3 Å². The maximum atomic E-state index is 12.4. The number of rotatable bonds is 23. The third kappa shape index (κ3) is 16.4. The van der Waals surface area contributed by atoms with Crippen LogP contribution in [0.1, 0.15) is 162 Å². The normalized spacial score (nSPS) is 15.8. The van der Waals surface area contributed by atoms with Gasteiger partial charge in [-0.1, -0.05) is 135 Å². The van der Waals surface area contributed by atoms with Gasteiger partial charge in [-0.3, -0.25) is 4.79 Å². The molecule has 0 aromatic carbocycles. The topological polar surface area (TPSA) is 38.7 Å². The first kappa shape index (κ1) is 28.2. The van der Waals surface area contributed by atoms with Crippen molar-refractivity contribution in [2.24, 2.45) is 5.16 Å². The first-order valence-corrected chi connectivity index (χ1v) is 14.0. The van der Waals surface area contributed by atoms with Gasteiger partial charge >= 0.3 is 0 Å². The van der Waals surface area contributed by atoms with Crippen LogP contribution in [-0.2, 0) is 9.63 Å². The van der Waals surface area contributed by atoms with Crippen molar-refractivity contribution in [1.29, 1.82) is 0 Å². The van der Waals surface area contributed by atoms with Crippen LogP contribution in [0.2, 0.25) is 0 Å². The predicted molar refractivity (Wildman–Crippen MR) is 135 cm³/mol. The maximum Gasteiger partial charge on any atom is 0.180 e. The lowest BCUT2D eigenvalue weighted by Crippen LogP contribution is -2.15. The van der Waals surface area contributed by atoms with Crippen molar-refractivity contribution in [3.05, 3.63) is 0 Å². The van der Waals surface area contributed by atoms with E-state index in [1.54, 1.807) is 0 Å². The molecule has 0 spiro atoms. The second kappa shape index (κ2) is 21.0. The lowest BCUT2D eigenvalue weighted by Gasteiger charge is -2.07. The molecule has 182 valence electrons. The molecule has 3 nitrogen and oxygen atoms in total. The van der Waals surface area contributed by atoms with Gasteiger partial charge < -0.3 is 4.84 Å². The monoisotopic (exact) mass is 435 g/mol. The molecule has 0 radical (unpaired) electrons. The molecule has 0 fully saturated rings. The van der Waals surface area contributed by atoms with E-state index in [-0.39, 0.29) is 11.9 Å². The summed E-state index contributed by atoms with van der Waals surface area (Å²) in [4.78, 5) is 17.9. The molecule has 0 aliphatic carbocycles. The first-order valence-electron chi connectivity index (χ1n) is 14.0. The Morgan fingerprint density at radius 3 is 1.58 bits per heavy atom. The zero-order valence-corrected chi connectivity index (χ0v) is 21.1. The fraction of sp³-hybridized carbons (Fsp3) is 0.929. The van der Waals surface area contributed by atoms with Gasteiger partial charge in [0.25, 0.3) is 0 Å². The Balaban J connectivity index is 1.89. The molecule has 1 unspecified atom stereocenters. The number of Topliss-reactive ketones (excluding diaryl/α,β-unsaturated/α-hetero) is 1. The van der Waals surface area contributed by atoms with Crippen molar-refractivity contribution in [1.82, 2.24) is 0 Å². The molecular formula is C28H53NO2. The quantitative estimate of drug-likeness (QED) is 0.150. The lowest BCUT2D eigenvalue weighted by atomic mass is 10.00. The van der Waals surface area contributed by atoms with Crippen LogP contribution in [0.3, 0.4) is 0 Å². The standard InChI is InChI=1S/C28H53NO2/c1-3-5-7-9-11-13-15-17-19-21-23-26-25-27(29-31-26)28(30)24-22-20-18-16-14-12-10-8-6-4-2/h26H,3-25H2,1-2H3. The molecule has 31 heavy (non-hydrogen) atoms. The van der Waals surface area contributed by atoms with E-state index < -0.39 is 0 Å². The van der Waals surface area contributed by atoms with Crippen LogP contribution >= 0.6 is 0 Å². The predicted octanol–water partition coefficient (Wildman–Crippen LogP) is 9.32. The minimum absolute atomic E-state index is 0.153. The van der Waals surface area contributed by atoms with Gasteiger partial charge in [-0.25, -0.2) is 0 Å².